The Hall–Kier alpha value is -0.880. The molecule has 0 fully saturated rings. The van der Waals surface area contributed by atoms with Crippen molar-refractivity contribution in [3.05, 3.63) is 28.6 Å². The minimum atomic E-state index is 0.828. The van der Waals surface area contributed by atoms with E-state index in [0.29, 0.717) is 0 Å². The third kappa shape index (κ3) is 2.21. The Morgan fingerprint density at radius 3 is 2.87 bits per heavy atom. The quantitative estimate of drug-likeness (QED) is 0.850. The molecule has 0 amide bonds. The van der Waals surface area contributed by atoms with Crippen LogP contribution in [0.25, 0.3) is 0 Å². The number of hydrogen-bond acceptors (Lipinski definition) is 4. The van der Waals surface area contributed by atoms with Crippen molar-refractivity contribution in [3.63, 3.8) is 0 Å². The van der Waals surface area contributed by atoms with Crippen LogP contribution in [-0.2, 0) is 7.05 Å². The number of halogens is 1. The van der Waals surface area contributed by atoms with Gasteiger partial charge in [0.05, 0.1) is 4.47 Å². The molecule has 0 aromatic carbocycles. The fourth-order valence-corrected chi connectivity index (χ4v) is 2.34. The zero-order chi connectivity index (χ0) is 10.8. The van der Waals surface area contributed by atoms with Crippen LogP contribution in [0, 0.1) is 6.92 Å². The van der Waals surface area contributed by atoms with E-state index in [0.717, 1.165) is 20.2 Å². The van der Waals surface area contributed by atoms with Crippen LogP contribution in [0.2, 0.25) is 0 Å². The van der Waals surface area contributed by atoms with Crippen LogP contribution in [0.5, 0.6) is 0 Å². The summed E-state index contributed by atoms with van der Waals surface area (Å²) in [5, 5.41) is 5.74. The average molecular weight is 285 g/mol. The summed E-state index contributed by atoms with van der Waals surface area (Å²) in [6.07, 6.45) is 3.32. The number of aryl methyl sites for hydroxylation is 2. The van der Waals surface area contributed by atoms with Crippen molar-refractivity contribution in [1.29, 1.82) is 0 Å². The van der Waals surface area contributed by atoms with Crippen molar-refractivity contribution < 1.29 is 0 Å². The number of rotatable bonds is 2. The van der Waals surface area contributed by atoms with E-state index in [1.165, 1.54) is 18.1 Å². The number of nitrogens with zero attached hydrogens (tertiary/aromatic N) is 4. The summed E-state index contributed by atoms with van der Waals surface area (Å²) in [5.74, 6) is 0. The largest absolute Gasteiger partial charge is 0.248 e. The highest BCUT2D eigenvalue weighted by Gasteiger charge is 2.09. The smallest absolute Gasteiger partial charge is 0.192 e. The van der Waals surface area contributed by atoms with Gasteiger partial charge >= 0.3 is 0 Å². The van der Waals surface area contributed by atoms with Gasteiger partial charge in [0.25, 0.3) is 0 Å². The van der Waals surface area contributed by atoms with Gasteiger partial charge in [-0.1, -0.05) is 0 Å². The Morgan fingerprint density at radius 1 is 1.40 bits per heavy atom. The second kappa shape index (κ2) is 4.32. The van der Waals surface area contributed by atoms with Gasteiger partial charge in [-0.05, 0) is 46.2 Å². The van der Waals surface area contributed by atoms with Gasteiger partial charge < -0.3 is 0 Å². The van der Waals surface area contributed by atoms with E-state index >= 15 is 0 Å². The van der Waals surface area contributed by atoms with E-state index in [1.54, 1.807) is 10.9 Å². The van der Waals surface area contributed by atoms with E-state index in [-0.39, 0.29) is 0 Å². The highest BCUT2D eigenvalue weighted by atomic mass is 79.9. The molecule has 0 saturated carbocycles. The molecule has 78 valence electrons. The normalized spacial score (nSPS) is 10.6. The molecule has 2 heterocycles. The third-order valence-corrected chi connectivity index (χ3v) is 4.23. The molecular weight excluding hydrogens is 276 g/mol. The number of hydrogen-bond donors (Lipinski definition) is 0. The van der Waals surface area contributed by atoms with Crippen LogP contribution in [-0.4, -0.2) is 19.7 Å². The van der Waals surface area contributed by atoms with Crippen LogP contribution in [0.3, 0.4) is 0 Å². The molecule has 0 N–H and O–H groups in total. The summed E-state index contributed by atoms with van der Waals surface area (Å²) in [7, 11) is 1.86. The van der Waals surface area contributed by atoms with Crippen molar-refractivity contribution in [1.82, 2.24) is 19.7 Å². The molecule has 0 atom stereocenters. The van der Waals surface area contributed by atoms with Gasteiger partial charge in [-0.2, -0.15) is 5.10 Å². The van der Waals surface area contributed by atoms with E-state index in [2.05, 4.69) is 31.0 Å². The van der Waals surface area contributed by atoms with Crippen molar-refractivity contribution >= 4 is 27.7 Å². The molecule has 0 spiro atoms. The van der Waals surface area contributed by atoms with Crippen LogP contribution < -0.4 is 0 Å². The molecule has 2 rings (SSSR count). The van der Waals surface area contributed by atoms with Gasteiger partial charge in [0.1, 0.15) is 11.4 Å². The molecule has 2 aromatic heterocycles. The molecule has 0 unspecified atom stereocenters. The van der Waals surface area contributed by atoms with Gasteiger partial charge in [-0.25, -0.2) is 14.6 Å². The van der Waals surface area contributed by atoms with Crippen molar-refractivity contribution in [2.24, 2.45) is 7.05 Å². The fourth-order valence-electron chi connectivity index (χ4n) is 1.05. The van der Waals surface area contributed by atoms with E-state index < -0.39 is 0 Å². The molecule has 0 aliphatic rings. The lowest BCUT2D eigenvalue weighted by molar-refractivity contribution is 0.684. The van der Waals surface area contributed by atoms with Gasteiger partial charge in [0.15, 0.2) is 5.16 Å². The molecule has 0 radical (unpaired) electrons. The molecule has 15 heavy (non-hydrogen) atoms. The molecule has 2 aromatic rings. The number of pyridine rings is 1. The maximum Gasteiger partial charge on any atom is 0.192 e. The second-order valence-corrected chi connectivity index (χ2v) is 4.76. The first-order valence-electron chi connectivity index (χ1n) is 4.31. The first kappa shape index (κ1) is 10.6. The molecular formula is C9H9BrN4S. The maximum atomic E-state index is 4.29. The van der Waals surface area contributed by atoms with Crippen LogP contribution >= 0.6 is 27.7 Å². The zero-order valence-corrected chi connectivity index (χ0v) is 10.7. The zero-order valence-electron chi connectivity index (χ0n) is 8.31. The molecule has 0 saturated heterocycles. The van der Waals surface area contributed by atoms with Crippen LogP contribution in [0.15, 0.2) is 33.2 Å². The third-order valence-electron chi connectivity index (χ3n) is 1.91. The highest BCUT2D eigenvalue weighted by Crippen LogP contribution is 2.31. The van der Waals surface area contributed by atoms with Gasteiger partial charge in [-0.15, -0.1) is 0 Å². The molecule has 0 aliphatic carbocycles. The average Bonchev–Trinajstić information content (AvgIpc) is 2.60. The highest BCUT2D eigenvalue weighted by molar-refractivity contribution is 9.10. The van der Waals surface area contributed by atoms with Gasteiger partial charge in [0.2, 0.25) is 0 Å². The van der Waals surface area contributed by atoms with Crippen molar-refractivity contribution in [2.75, 3.05) is 0 Å². The summed E-state index contributed by atoms with van der Waals surface area (Å²) in [6, 6.07) is 1.96. The van der Waals surface area contributed by atoms with Crippen LogP contribution in [0.1, 0.15) is 5.56 Å². The first-order chi connectivity index (χ1) is 7.18. The summed E-state index contributed by atoms with van der Waals surface area (Å²) in [4.78, 5) is 8.43. The molecule has 6 heteroatoms. The van der Waals surface area contributed by atoms with E-state index in [9.17, 15) is 0 Å². The Labute approximate surface area is 100 Å². The van der Waals surface area contributed by atoms with E-state index in [4.69, 9.17) is 0 Å². The topological polar surface area (TPSA) is 43.6 Å². The Morgan fingerprint density at radius 2 is 2.20 bits per heavy atom. The molecule has 0 bridgehead atoms. The summed E-state index contributed by atoms with van der Waals surface area (Å²) in [5.41, 5.74) is 1.16. The summed E-state index contributed by atoms with van der Waals surface area (Å²) < 4.78 is 2.74. The first-order valence-corrected chi connectivity index (χ1v) is 5.92. The predicted molar refractivity (Wildman–Crippen MR) is 61.8 cm³/mol. The maximum absolute atomic E-state index is 4.29. The monoisotopic (exact) mass is 284 g/mol. The summed E-state index contributed by atoms with van der Waals surface area (Å²) >= 11 is 5.00. The minimum Gasteiger partial charge on any atom is -0.248 e. The molecule has 0 aliphatic heterocycles. The van der Waals surface area contributed by atoms with Crippen molar-refractivity contribution in [2.45, 2.75) is 17.1 Å². The SMILES string of the molecule is Cc1ccnc(Sc2ncnn2C)c1Br. The minimum absolute atomic E-state index is 0.828. The summed E-state index contributed by atoms with van der Waals surface area (Å²) in [6.45, 7) is 2.03. The van der Waals surface area contributed by atoms with Gasteiger partial charge in [0, 0.05) is 13.2 Å². The Kier molecular flexibility index (Phi) is 3.06. The lowest BCUT2D eigenvalue weighted by Crippen LogP contribution is -1.94. The molecule has 4 nitrogen and oxygen atoms in total. The second-order valence-electron chi connectivity index (χ2n) is 3.02. The lowest BCUT2D eigenvalue weighted by Gasteiger charge is -2.04. The van der Waals surface area contributed by atoms with E-state index in [1.807, 2.05) is 20.0 Å². The fraction of sp³-hybridized carbons (Fsp3) is 0.222. The standard InChI is InChI=1S/C9H9BrN4S/c1-6-3-4-11-8(7(6)10)15-9-12-5-13-14(9)2/h3-5H,1-2H3. The van der Waals surface area contributed by atoms with Crippen LogP contribution in [0.4, 0.5) is 0 Å². The number of aromatic nitrogens is 4. The Balaban J connectivity index is 2.33. The Bertz CT molecular complexity index is 483. The lowest BCUT2D eigenvalue weighted by atomic mass is 10.3. The van der Waals surface area contributed by atoms with Crippen molar-refractivity contribution in [3.8, 4) is 0 Å². The van der Waals surface area contributed by atoms with Gasteiger partial charge in [-0.3, -0.25) is 0 Å². The predicted octanol–water partition coefficient (Wildman–Crippen LogP) is 2.43.